The van der Waals surface area contributed by atoms with E-state index >= 15 is 0 Å². The molecule has 1 unspecified atom stereocenters. The molecule has 0 aliphatic heterocycles. The normalized spacial score (nSPS) is 13.3. The second kappa shape index (κ2) is 11.3. The fourth-order valence-corrected chi connectivity index (χ4v) is 6.04. The summed E-state index contributed by atoms with van der Waals surface area (Å²) < 4.78 is 40.5. The van der Waals surface area contributed by atoms with Gasteiger partial charge in [0.15, 0.2) is 8.32 Å². The summed E-state index contributed by atoms with van der Waals surface area (Å²) >= 11 is 0. The van der Waals surface area contributed by atoms with Gasteiger partial charge in [0.25, 0.3) is 15.9 Å². The van der Waals surface area contributed by atoms with Gasteiger partial charge in [-0.25, -0.2) is 22.7 Å². The van der Waals surface area contributed by atoms with E-state index < -0.39 is 18.3 Å². The summed E-state index contributed by atoms with van der Waals surface area (Å²) in [4.78, 5) is 12.8. The number of hydrogen-bond acceptors (Lipinski definition) is 7. The van der Waals surface area contributed by atoms with Crippen molar-refractivity contribution in [2.45, 2.75) is 64.1 Å². The van der Waals surface area contributed by atoms with E-state index in [-0.39, 0.29) is 21.6 Å². The lowest BCUT2D eigenvalue weighted by Gasteiger charge is -2.37. The number of hydrogen-bond donors (Lipinski definition) is 0. The van der Waals surface area contributed by atoms with Crippen LogP contribution in [0.3, 0.4) is 0 Å². The quantitative estimate of drug-likeness (QED) is 0.294. The molecule has 0 aliphatic carbocycles. The highest BCUT2D eigenvalue weighted by molar-refractivity contribution is 7.93. The monoisotopic (exact) mass is 542 g/mol. The van der Waals surface area contributed by atoms with Crippen molar-refractivity contribution >= 4 is 29.8 Å². The lowest BCUT2D eigenvalue weighted by atomic mass is 10.0. The molecular formula is C27H38N4O4SSi. The first-order chi connectivity index (χ1) is 17.3. The Labute approximate surface area is 222 Å². The van der Waals surface area contributed by atoms with E-state index in [4.69, 9.17) is 9.16 Å². The van der Waals surface area contributed by atoms with E-state index in [9.17, 15) is 8.42 Å². The van der Waals surface area contributed by atoms with Gasteiger partial charge < -0.3 is 9.16 Å². The standard InChI is InChI=1S/C27H38N4O4SSi/c1-20(19-35-37(7,8)27(3,4)5)16-22-11-13-23(14-12-22)31(25-26(34-6)30-21(2)17-29-25)36(32,33)24-10-9-15-28-18-24/h9-15,17-18,20H,16,19H2,1-8H3. The molecule has 0 amide bonds. The van der Waals surface area contributed by atoms with Gasteiger partial charge in [-0.2, -0.15) is 0 Å². The van der Waals surface area contributed by atoms with Crippen LogP contribution in [0.5, 0.6) is 5.88 Å². The van der Waals surface area contributed by atoms with Crippen LogP contribution in [0.25, 0.3) is 0 Å². The summed E-state index contributed by atoms with van der Waals surface area (Å²) in [5.74, 6) is 0.520. The third kappa shape index (κ3) is 6.74. The molecule has 2 aromatic heterocycles. The molecule has 10 heteroatoms. The lowest BCUT2D eigenvalue weighted by Crippen LogP contribution is -2.41. The number of rotatable bonds is 10. The van der Waals surface area contributed by atoms with Gasteiger partial charge in [-0.05, 0) is 67.2 Å². The molecule has 3 aromatic rings. The van der Waals surface area contributed by atoms with E-state index in [1.807, 2.05) is 12.1 Å². The van der Waals surface area contributed by atoms with Gasteiger partial charge in [0.05, 0.1) is 24.7 Å². The van der Waals surface area contributed by atoms with Gasteiger partial charge in [-0.3, -0.25) is 4.98 Å². The summed E-state index contributed by atoms with van der Waals surface area (Å²) in [6.07, 6.45) is 5.18. The molecule has 0 bridgehead atoms. The van der Waals surface area contributed by atoms with Crippen molar-refractivity contribution in [3.63, 3.8) is 0 Å². The third-order valence-electron chi connectivity index (χ3n) is 6.69. The topological polar surface area (TPSA) is 94.5 Å². The maximum absolute atomic E-state index is 13.8. The molecule has 1 aromatic carbocycles. The van der Waals surface area contributed by atoms with Crippen LogP contribution in [-0.4, -0.2) is 45.4 Å². The summed E-state index contributed by atoms with van der Waals surface area (Å²) in [6.45, 7) is 15.9. The van der Waals surface area contributed by atoms with Gasteiger partial charge >= 0.3 is 0 Å². The van der Waals surface area contributed by atoms with E-state index in [1.165, 1.54) is 31.8 Å². The number of benzene rings is 1. The van der Waals surface area contributed by atoms with Crippen LogP contribution >= 0.6 is 0 Å². The van der Waals surface area contributed by atoms with Crippen LogP contribution in [0, 0.1) is 12.8 Å². The molecule has 0 saturated carbocycles. The van der Waals surface area contributed by atoms with Crippen molar-refractivity contribution in [3.05, 3.63) is 66.2 Å². The number of pyridine rings is 1. The van der Waals surface area contributed by atoms with Crippen molar-refractivity contribution in [2.75, 3.05) is 18.0 Å². The average molecular weight is 543 g/mol. The smallest absolute Gasteiger partial charge is 0.271 e. The molecule has 200 valence electrons. The fraction of sp³-hybridized carbons (Fsp3) is 0.444. The Bertz CT molecular complexity index is 1290. The summed E-state index contributed by atoms with van der Waals surface area (Å²) in [5.41, 5.74) is 2.13. The first kappa shape index (κ1) is 28.7. The Morgan fingerprint density at radius 3 is 2.32 bits per heavy atom. The van der Waals surface area contributed by atoms with Crippen LogP contribution in [0.1, 0.15) is 39.0 Å². The second-order valence-corrected chi connectivity index (χ2v) is 17.4. The first-order valence-corrected chi connectivity index (χ1v) is 16.7. The predicted molar refractivity (Wildman–Crippen MR) is 149 cm³/mol. The second-order valence-electron chi connectivity index (χ2n) is 10.8. The minimum Gasteiger partial charge on any atom is -0.478 e. The summed E-state index contributed by atoms with van der Waals surface area (Å²) in [6, 6.07) is 10.5. The number of methoxy groups -OCH3 is 1. The van der Waals surface area contributed by atoms with E-state index in [0.717, 1.165) is 16.3 Å². The van der Waals surface area contributed by atoms with Crippen LogP contribution < -0.4 is 9.04 Å². The highest BCUT2D eigenvalue weighted by Gasteiger charge is 2.37. The van der Waals surface area contributed by atoms with Crippen LogP contribution in [0.2, 0.25) is 18.1 Å². The highest BCUT2D eigenvalue weighted by Crippen LogP contribution is 2.38. The molecule has 0 radical (unpaired) electrons. The van der Waals surface area contributed by atoms with Crippen molar-refractivity contribution < 1.29 is 17.6 Å². The molecular weight excluding hydrogens is 504 g/mol. The molecule has 8 nitrogen and oxygen atoms in total. The van der Waals surface area contributed by atoms with E-state index in [0.29, 0.717) is 23.9 Å². The molecule has 0 N–H and O–H groups in total. The molecule has 0 saturated heterocycles. The number of aromatic nitrogens is 3. The Morgan fingerprint density at radius 2 is 1.76 bits per heavy atom. The van der Waals surface area contributed by atoms with Crippen molar-refractivity contribution in [1.29, 1.82) is 0 Å². The maximum Gasteiger partial charge on any atom is 0.271 e. The number of ether oxygens (including phenoxy) is 1. The van der Waals surface area contributed by atoms with Crippen LogP contribution in [0.4, 0.5) is 11.5 Å². The fourth-order valence-electron chi connectivity index (χ4n) is 3.50. The molecule has 37 heavy (non-hydrogen) atoms. The Hall–Kier alpha value is -2.82. The van der Waals surface area contributed by atoms with Crippen molar-refractivity contribution in [2.24, 2.45) is 5.92 Å². The van der Waals surface area contributed by atoms with Gasteiger partial charge in [0, 0.05) is 19.0 Å². The molecule has 0 aliphatic rings. The zero-order chi connectivity index (χ0) is 27.4. The number of aryl methyl sites for hydroxylation is 1. The maximum atomic E-state index is 13.8. The van der Waals surface area contributed by atoms with Crippen molar-refractivity contribution in [3.8, 4) is 5.88 Å². The van der Waals surface area contributed by atoms with Gasteiger partial charge in [-0.15, -0.1) is 0 Å². The zero-order valence-electron chi connectivity index (χ0n) is 23.0. The molecule has 2 heterocycles. The Morgan fingerprint density at radius 1 is 1.08 bits per heavy atom. The number of sulfonamides is 1. The molecule has 3 rings (SSSR count). The number of anilines is 2. The van der Waals surface area contributed by atoms with E-state index in [2.05, 4.69) is 55.7 Å². The zero-order valence-corrected chi connectivity index (χ0v) is 24.8. The summed E-state index contributed by atoms with van der Waals surface area (Å²) in [7, 11) is -4.43. The van der Waals surface area contributed by atoms with Crippen LogP contribution in [-0.2, 0) is 20.9 Å². The van der Waals surface area contributed by atoms with Crippen LogP contribution in [0.15, 0.2) is 59.9 Å². The third-order valence-corrected chi connectivity index (χ3v) is 12.9. The minimum atomic E-state index is -4.05. The summed E-state index contributed by atoms with van der Waals surface area (Å²) in [5, 5.41) is 0.164. The highest BCUT2D eigenvalue weighted by atomic mass is 32.2. The SMILES string of the molecule is COc1nc(C)cnc1N(c1ccc(CC(C)CO[Si](C)(C)C(C)(C)C)cc1)S(=O)(=O)c1cccnc1. The Balaban J connectivity index is 1.91. The lowest BCUT2D eigenvalue weighted by molar-refractivity contribution is 0.237. The molecule has 1 atom stereocenters. The van der Waals surface area contributed by atoms with Gasteiger partial charge in [-0.1, -0.05) is 39.8 Å². The van der Waals surface area contributed by atoms with Crippen molar-refractivity contribution in [1.82, 2.24) is 15.0 Å². The van der Waals surface area contributed by atoms with Gasteiger partial charge in [0.1, 0.15) is 4.90 Å². The van der Waals surface area contributed by atoms with E-state index in [1.54, 1.807) is 25.1 Å². The predicted octanol–water partition coefficient (Wildman–Crippen LogP) is 5.92. The average Bonchev–Trinajstić information content (AvgIpc) is 2.84. The largest absolute Gasteiger partial charge is 0.478 e. The minimum absolute atomic E-state index is 0.0416. The Kier molecular flexibility index (Phi) is 8.76. The van der Waals surface area contributed by atoms with Gasteiger partial charge in [0.2, 0.25) is 5.82 Å². The number of nitrogens with zero attached hydrogens (tertiary/aromatic N) is 4. The molecule has 0 fully saturated rings. The first-order valence-electron chi connectivity index (χ1n) is 12.3. The molecule has 0 spiro atoms.